The molecular formula is C14H23ClN2O. The van der Waals surface area contributed by atoms with Gasteiger partial charge < -0.3 is 10.1 Å². The molecular weight excluding hydrogens is 248 g/mol. The zero-order chi connectivity index (χ0) is 13.7. The standard InChI is InChI=1S/C14H23ClN2O/c1-9(6-15)12(4)16-8-13-11(3)14(18-5)10(2)7-17-13/h7,9,12,16H,6,8H2,1-5H3. The predicted octanol–water partition coefficient (Wildman–Crippen LogP) is 3.06. The van der Waals surface area contributed by atoms with Gasteiger partial charge in [-0.1, -0.05) is 6.92 Å². The number of rotatable bonds is 6. The summed E-state index contributed by atoms with van der Waals surface area (Å²) in [5.41, 5.74) is 3.21. The average Bonchev–Trinajstić information content (AvgIpc) is 2.37. The van der Waals surface area contributed by atoms with E-state index in [-0.39, 0.29) is 0 Å². The van der Waals surface area contributed by atoms with Crippen LogP contribution in [-0.4, -0.2) is 24.0 Å². The van der Waals surface area contributed by atoms with Gasteiger partial charge in [-0.05, 0) is 26.7 Å². The Morgan fingerprint density at radius 1 is 1.39 bits per heavy atom. The van der Waals surface area contributed by atoms with Crippen LogP contribution in [0.1, 0.15) is 30.7 Å². The van der Waals surface area contributed by atoms with Crippen molar-refractivity contribution in [3.8, 4) is 5.75 Å². The van der Waals surface area contributed by atoms with Gasteiger partial charge in [-0.15, -0.1) is 11.6 Å². The minimum atomic E-state index is 0.371. The molecule has 1 N–H and O–H groups in total. The monoisotopic (exact) mass is 270 g/mol. The number of ether oxygens (including phenoxy) is 1. The van der Waals surface area contributed by atoms with E-state index in [1.165, 1.54) is 0 Å². The number of halogens is 1. The maximum atomic E-state index is 5.85. The Labute approximate surface area is 115 Å². The summed E-state index contributed by atoms with van der Waals surface area (Å²) in [5, 5.41) is 3.46. The quantitative estimate of drug-likeness (QED) is 0.807. The third-order valence-corrected chi connectivity index (χ3v) is 3.92. The predicted molar refractivity (Wildman–Crippen MR) is 76.4 cm³/mol. The van der Waals surface area contributed by atoms with Gasteiger partial charge in [0.2, 0.25) is 0 Å². The van der Waals surface area contributed by atoms with Gasteiger partial charge in [-0.3, -0.25) is 4.98 Å². The number of pyridine rings is 1. The van der Waals surface area contributed by atoms with Gasteiger partial charge >= 0.3 is 0 Å². The van der Waals surface area contributed by atoms with Crippen molar-refractivity contribution in [3.05, 3.63) is 23.0 Å². The zero-order valence-corrected chi connectivity index (χ0v) is 12.6. The number of aryl methyl sites for hydroxylation is 1. The highest BCUT2D eigenvalue weighted by molar-refractivity contribution is 6.18. The molecule has 0 radical (unpaired) electrons. The van der Waals surface area contributed by atoms with E-state index in [1.807, 2.05) is 20.0 Å². The fourth-order valence-corrected chi connectivity index (χ4v) is 2.11. The molecule has 1 aromatic heterocycles. The average molecular weight is 271 g/mol. The molecule has 1 aromatic rings. The molecule has 1 rings (SSSR count). The van der Waals surface area contributed by atoms with Crippen LogP contribution in [0.3, 0.4) is 0 Å². The van der Waals surface area contributed by atoms with E-state index in [0.717, 1.165) is 29.1 Å². The highest BCUT2D eigenvalue weighted by Crippen LogP contribution is 2.23. The number of aromatic nitrogens is 1. The molecule has 2 unspecified atom stereocenters. The minimum absolute atomic E-state index is 0.371. The molecule has 1 heterocycles. The first-order valence-corrected chi connectivity index (χ1v) is 6.83. The van der Waals surface area contributed by atoms with Gasteiger partial charge in [-0.2, -0.15) is 0 Å². The molecule has 0 saturated carbocycles. The summed E-state index contributed by atoms with van der Waals surface area (Å²) in [5.74, 6) is 2.04. The lowest BCUT2D eigenvalue weighted by Crippen LogP contribution is -2.33. The van der Waals surface area contributed by atoms with Crippen molar-refractivity contribution in [2.24, 2.45) is 5.92 Å². The van der Waals surface area contributed by atoms with Crippen molar-refractivity contribution < 1.29 is 4.74 Å². The lowest BCUT2D eigenvalue weighted by atomic mass is 10.1. The van der Waals surface area contributed by atoms with Crippen LogP contribution in [0.4, 0.5) is 0 Å². The lowest BCUT2D eigenvalue weighted by Gasteiger charge is -2.20. The Bertz CT molecular complexity index is 396. The van der Waals surface area contributed by atoms with Crippen molar-refractivity contribution in [3.63, 3.8) is 0 Å². The van der Waals surface area contributed by atoms with Gasteiger partial charge in [0.15, 0.2) is 0 Å². The fourth-order valence-electron chi connectivity index (χ4n) is 1.84. The third-order valence-electron chi connectivity index (χ3n) is 3.44. The number of nitrogens with one attached hydrogen (secondary N) is 1. The van der Waals surface area contributed by atoms with Gasteiger partial charge in [0.1, 0.15) is 5.75 Å². The minimum Gasteiger partial charge on any atom is -0.496 e. The second-order valence-corrected chi connectivity index (χ2v) is 5.16. The molecule has 0 aliphatic heterocycles. The highest BCUT2D eigenvalue weighted by atomic mass is 35.5. The van der Waals surface area contributed by atoms with Crippen LogP contribution in [0.25, 0.3) is 0 Å². The van der Waals surface area contributed by atoms with E-state index in [0.29, 0.717) is 17.8 Å². The second-order valence-electron chi connectivity index (χ2n) is 4.85. The van der Waals surface area contributed by atoms with Gasteiger partial charge in [-0.25, -0.2) is 0 Å². The Morgan fingerprint density at radius 2 is 2.06 bits per heavy atom. The molecule has 0 aliphatic carbocycles. The smallest absolute Gasteiger partial charge is 0.128 e. The van der Waals surface area contributed by atoms with Crippen LogP contribution >= 0.6 is 11.6 Å². The van der Waals surface area contributed by atoms with E-state index in [1.54, 1.807) is 7.11 Å². The molecule has 18 heavy (non-hydrogen) atoms. The first-order chi connectivity index (χ1) is 8.51. The normalized spacial score (nSPS) is 14.3. The Kier molecular flexibility index (Phi) is 5.89. The van der Waals surface area contributed by atoms with Crippen LogP contribution < -0.4 is 10.1 Å². The van der Waals surface area contributed by atoms with Crippen LogP contribution in [0.2, 0.25) is 0 Å². The van der Waals surface area contributed by atoms with E-state index in [2.05, 4.69) is 24.1 Å². The lowest BCUT2D eigenvalue weighted by molar-refractivity contribution is 0.403. The summed E-state index contributed by atoms with van der Waals surface area (Å²) in [7, 11) is 1.70. The first kappa shape index (κ1) is 15.3. The molecule has 102 valence electrons. The van der Waals surface area contributed by atoms with E-state index in [4.69, 9.17) is 16.3 Å². The van der Waals surface area contributed by atoms with E-state index >= 15 is 0 Å². The fraction of sp³-hybridized carbons (Fsp3) is 0.643. The van der Waals surface area contributed by atoms with Crippen molar-refractivity contribution in [1.82, 2.24) is 10.3 Å². The molecule has 0 fully saturated rings. The molecule has 4 heteroatoms. The highest BCUT2D eigenvalue weighted by Gasteiger charge is 2.13. The third kappa shape index (κ3) is 3.59. The molecule has 0 bridgehead atoms. The number of methoxy groups -OCH3 is 1. The van der Waals surface area contributed by atoms with Crippen LogP contribution in [0.5, 0.6) is 5.75 Å². The number of hydrogen-bond donors (Lipinski definition) is 1. The maximum absolute atomic E-state index is 5.85. The molecule has 3 nitrogen and oxygen atoms in total. The summed E-state index contributed by atoms with van der Waals surface area (Å²) in [6.45, 7) is 9.08. The van der Waals surface area contributed by atoms with Crippen LogP contribution in [-0.2, 0) is 6.54 Å². The van der Waals surface area contributed by atoms with Crippen LogP contribution in [0.15, 0.2) is 6.20 Å². The van der Waals surface area contributed by atoms with Crippen LogP contribution in [0, 0.1) is 19.8 Å². The van der Waals surface area contributed by atoms with Crippen molar-refractivity contribution in [1.29, 1.82) is 0 Å². The zero-order valence-electron chi connectivity index (χ0n) is 11.9. The Balaban J connectivity index is 2.74. The summed E-state index contributed by atoms with van der Waals surface area (Å²) >= 11 is 5.85. The molecule has 0 aromatic carbocycles. The SMILES string of the molecule is COc1c(C)cnc(CNC(C)C(C)CCl)c1C. The summed E-state index contributed by atoms with van der Waals surface area (Å²) in [4.78, 5) is 4.47. The Hall–Kier alpha value is -0.800. The van der Waals surface area contributed by atoms with Crippen molar-refractivity contribution >= 4 is 11.6 Å². The first-order valence-electron chi connectivity index (χ1n) is 6.29. The molecule has 0 spiro atoms. The second kappa shape index (κ2) is 6.95. The van der Waals surface area contributed by atoms with E-state index in [9.17, 15) is 0 Å². The molecule has 2 atom stereocenters. The van der Waals surface area contributed by atoms with Crippen molar-refractivity contribution in [2.75, 3.05) is 13.0 Å². The Morgan fingerprint density at radius 3 is 2.61 bits per heavy atom. The summed E-state index contributed by atoms with van der Waals surface area (Å²) in [6, 6.07) is 0.371. The number of alkyl halides is 1. The largest absolute Gasteiger partial charge is 0.496 e. The molecule has 0 saturated heterocycles. The van der Waals surface area contributed by atoms with Crippen molar-refractivity contribution in [2.45, 2.75) is 40.3 Å². The topological polar surface area (TPSA) is 34.1 Å². The summed E-state index contributed by atoms with van der Waals surface area (Å²) < 4.78 is 5.40. The number of hydrogen-bond acceptors (Lipinski definition) is 3. The van der Waals surface area contributed by atoms with E-state index < -0.39 is 0 Å². The maximum Gasteiger partial charge on any atom is 0.128 e. The van der Waals surface area contributed by atoms with Gasteiger partial charge in [0.25, 0.3) is 0 Å². The number of nitrogens with zero attached hydrogens (tertiary/aromatic N) is 1. The van der Waals surface area contributed by atoms with Gasteiger partial charge in [0, 0.05) is 35.8 Å². The van der Waals surface area contributed by atoms with Gasteiger partial charge in [0.05, 0.1) is 12.8 Å². The molecule has 0 amide bonds. The summed E-state index contributed by atoms with van der Waals surface area (Å²) in [6.07, 6.45) is 1.86. The molecule has 0 aliphatic rings.